The van der Waals surface area contributed by atoms with E-state index in [-0.39, 0.29) is 12.3 Å². The number of hydrogen-bond donors (Lipinski definition) is 2. The number of carbonyl (C=O) groups is 1. The van der Waals surface area contributed by atoms with Crippen LogP contribution in [0.1, 0.15) is 27.2 Å². The quantitative estimate of drug-likeness (QED) is 0.599. The van der Waals surface area contributed by atoms with Gasteiger partial charge in [-0.05, 0) is 20.8 Å². The van der Waals surface area contributed by atoms with E-state index in [0.29, 0.717) is 6.54 Å². The normalized spacial score (nSPS) is 11.2. The SMILES string of the molecule is CCNC(=O)CC(C)(C)O. The summed E-state index contributed by atoms with van der Waals surface area (Å²) in [5, 5.41) is 11.8. The van der Waals surface area contributed by atoms with Crippen molar-refractivity contribution in [1.29, 1.82) is 0 Å². The average molecular weight is 145 g/mol. The van der Waals surface area contributed by atoms with Gasteiger partial charge in [-0.3, -0.25) is 4.79 Å². The summed E-state index contributed by atoms with van der Waals surface area (Å²) in [6, 6.07) is 0. The van der Waals surface area contributed by atoms with Gasteiger partial charge in [-0.25, -0.2) is 0 Å². The largest absolute Gasteiger partial charge is 0.390 e. The minimum atomic E-state index is -0.890. The van der Waals surface area contributed by atoms with Crippen molar-refractivity contribution in [2.24, 2.45) is 0 Å². The standard InChI is InChI=1S/C7H15NO2/c1-4-8-6(9)5-7(2,3)10/h10H,4-5H2,1-3H3,(H,8,9). The summed E-state index contributed by atoms with van der Waals surface area (Å²) in [4.78, 5) is 10.8. The van der Waals surface area contributed by atoms with E-state index >= 15 is 0 Å². The molecule has 0 radical (unpaired) electrons. The molecule has 0 atom stereocenters. The minimum Gasteiger partial charge on any atom is -0.390 e. The molecule has 0 aliphatic heterocycles. The van der Waals surface area contributed by atoms with Crippen molar-refractivity contribution in [2.45, 2.75) is 32.8 Å². The van der Waals surface area contributed by atoms with Crippen LogP contribution in [-0.2, 0) is 4.79 Å². The van der Waals surface area contributed by atoms with Gasteiger partial charge in [-0.2, -0.15) is 0 Å². The van der Waals surface area contributed by atoms with Crippen molar-refractivity contribution in [3.63, 3.8) is 0 Å². The molecule has 0 aliphatic carbocycles. The van der Waals surface area contributed by atoms with Gasteiger partial charge in [0.25, 0.3) is 0 Å². The maximum Gasteiger partial charge on any atom is 0.222 e. The van der Waals surface area contributed by atoms with E-state index in [2.05, 4.69) is 5.32 Å². The van der Waals surface area contributed by atoms with Crippen LogP contribution in [0.3, 0.4) is 0 Å². The van der Waals surface area contributed by atoms with Crippen LogP contribution < -0.4 is 5.32 Å². The number of carbonyl (C=O) groups excluding carboxylic acids is 1. The lowest BCUT2D eigenvalue weighted by molar-refractivity contribution is -0.124. The Kier molecular flexibility index (Phi) is 3.36. The number of rotatable bonds is 3. The molecule has 0 saturated carbocycles. The topological polar surface area (TPSA) is 49.3 Å². The van der Waals surface area contributed by atoms with Gasteiger partial charge in [0.15, 0.2) is 0 Å². The van der Waals surface area contributed by atoms with Crippen LogP contribution in [0.15, 0.2) is 0 Å². The monoisotopic (exact) mass is 145 g/mol. The summed E-state index contributed by atoms with van der Waals surface area (Å²) >= 11 is 0. The van der Waals surface area contributed by atoms with Crippen LogP contribution in [0, 0.1) is 0 Å². The maximum absolute atomic E-state index is 10.8. The molecule has 0 aromatic carbocycles. The smallest absolute Gasteiger partial charge is 0.222 e. The highest BCUT2D eigenvalue weighted by Gasteiger charge is 2.16. The zero-order valence-corrected chi connectivity index (χ0v) is 6.77. The fourth-order valence-corrected chi connectivity index (χ4v) is 0.653. The highest BCUT2D eigenvalue weighted by Crippen LogP contribution is 2.05. The van der Waals surface area contributed by atoms with Crippen LogP contribution in [0.5, 0.6) is 0 Å². The van der Waals surface area contributed by atoms with E-state index in [1.54, 1.807) is 13.8 Å². The molecule has 0 bridgehead atoms. The lowest BCUT2D eigenvalue weighted by Crippen LogP contribution is -2.31. The molecular weight excluding hydrogens is 130 g/mol. The summed E-state index contributed by atoms with van der Waals surface area (Å²) in [5.74, 6) is -0.102. The van der Waals surface area contributed by atoms with Gasteiger partial charge >= 0.3 is 0 Å². The summed E-state index contributed by atoms with van der Waals surface area (Å²) in [6.45, 7) is 5.70. The van der Waals surface area contributed by atoms with Crippen molar-refractivity contribution in [2.75, 3.05) is 6.54 Å². The minimum absolute atomic E-state index is 0.102. The molecule has 3 heteroatoms. The van der Waals surface area contributed by atoms with Crippen LogP contribution >= 0.6 is 0 Å². The third-order valence-electron chi connectivity index (χ3n) is 0.967. The molecule has 2 N–H and O–H groups in total. The number of amides is 1. The Labute approximate surface area is 61.4 Å². The second kappa shape index (κ2) is 3.56. The molecule has 0 aromatic heterocycles. The van der Waals surface area contributed by atoms with E-state index in [9.17, 15) is 4.79 Å². The second-order valence-corrected chi connectivity index (χ2v) is 2.94. The first kappa shape index (κ1) is 9.43. The van der Waals surface area contributed by atoms with Crippen LogP contribution in [0.4, 0.5) is 0 Å². The summed E-state index contributed by atoms with van der Waals surface area (Å²) < 4.78 is 0. The molecule has 0 aliphatic rings. The van der Waals surface area contributed by atoms with Crippen molar-refractivity contribution >= 4 is 5.91 Å². The molecule has 10 heavy (non-hydrogen) atoms. The summed E-state index contributed by atoms with van der Waals surface area (Å²) in [5.41, 5.74) is -0.890. The Morgan fingerprint density at radius 1 is 1.60 bits per heavy atom. The van der Waals surface area contributed by atoms with Gasteiger partial charge < -0.3 is 10.4 Å². The van der Waals surface area contributed by atoms with Gasteiger partial charge in [-0.1, -0.05) is 0 Å². The third kappa shape index (κ3) is 5.56. The van der Waals surface area contributed by atoms with Gasteiger partial charge in [0, 0.05) is 6.54 Å². The molecular formula is C7H15NO2. The van der Waals surface area contributed by atoms with E-state index < -0.39 is 5.60 Å². The number of nitrogens with one attached hydrogen (secondary N) is 1. The summed E-state index contributed by atoms with van der Waals surface area (Å²) in [7, 11) is 0. The van der Waals surface area contributed by atoms with E-state index in [4.69, 9.17) is 5.11 Å². The lowest BCUT2D eigenvalue weighted by Gasteiger charge is -2.15. The number of aliphatic hydroxyl groups is 1. The molecule has 3 nitrogen and oxygen atoms in total. The molecule has 1 amide bonds. The van der Waals surface area contributed by atoms with Crippen molar-refractivity contribution < 1.29 is 9.90 Å². The fraction of sp³-hybridized carbons (Fsp3) is 0.857. The zero-order chi connectivity index (χ0) is 8.20. The maximum atomic E-state index is 10.8. The highest BCUT2D eigenvalue weighted by molar-refractivity contribution is 5.76. The van der Waals surface area contributed by atoms with E-state index in [0.717, 1.165) is 0 Å². The molecule has 0 rings (SSSR count). The van der Waals surface area contributed by atoms with E-state index in [1.165, 1.54) is 0 Å². The molecule has 0 aromatic rings. The molecule has 0 heterocycles. The molecule has 0 saturated heterocycles. The van der Waals surface area contributed by atoms with Gasteiger partial charge in [-0.15, -0.1) is 0 Å². The Hall–Kier alpha value is -0.570. The van der Waals surface area contributed by atoms with Crippen molar-refractivity contribution in [3.05, 3.63) is 0 Å². The second-order valence-electron chi connectivity index (χ2n) is 2.94. The predicted octanol–water partition coefficient (Wildman–Crippen LogP) is 0.283. The zero-order valence-electron chi connectivity index (χ0n) is 6.77. The van der Waals surface area contributed by atoms with Gasteiger partial charge in [0.2, 0.25) is 5.91 Å². The van der Waals surface area contributed by atoms with Crippen LogP contribution in [0.25, 0.3) is 0 Å². The first-order chi connectivity index (χ1) is 4.45. The fourth-order valence-electron chi connectivity index (χ4n) is 0.653. The third-order valence-corrected chi connectivity index (χ3v) is 0.967. The molecule has 0 fully saturated rings. The van der Waals surface area contributed by atoms with Gasteiger partial charge in [0.05, 0.1) is 12.0 Å². The average Bonchev–Trinajstić information content (AvgIpc) is 1.59. The first-order valence-electron chi connectivity index (χ1n) is 3.45. The molecule has 60 valence electrons. The Morgan fingerprint density at radius 3 is 2.40 bits per heavy atom. The summed E-state index contributed by atoms with van der Waals surface area (Å²) in [6.07, 6.45) is 0.167. The van der Waals surface area contributed by atoms with E-state index in [1.807, 2.05) is 6.92 Å². The van der Waals surface area contributed by atoms with Gasteiger partial charge in [0.1, 0.15) is 0 Å². The molecule has 0 unspecified atom stereocenters. The lowest BCUT2D eigenvalue weighted by atomic mass is 10.1. The molecule has 0 spiro atoms. The first-order valence-corrected chi connectivity index (χ1v) is 3.45. The Morgan fingerprint density at radius 2 is 2.10 bits per heavy atom. The van der Waals surface area contributed by atoms with Crippen molar-refractivity contribution in [1.82, 2.24) is 5.32 Å². The van der Waals surface area contributed by atoms with Crippen LogP contribution in [-0.4, -0.2) is 23.2 Å². The van der Waals surface area contributed by atoms with Crippen molar-refractivity contribution in [3.8, 4) is 0 Å². The highest BCUT2D eigenvalue weighted by atomic mass is 16.3. The van der Waals surface area contributed by atoms with Crippen LogP contribution in [0.2, 0.25) is 0 Å². The Balaban J connectivity index is 3.58. The predicted molar refractivity (Wildman–Crippen MR) is 39.6 cm³/mol. The Bertz CT molecular complexity index is 115. The number of hydrogen-bond acceptors (Lipinski definition) is 2.